The highest BCUT2D eigenvalue weighted by atomic mass is 16.5. The van der Waals surface area contributed by atoms with Crippen LogP contribution in [0.4, 0.5) is 0 Å². The molecule has 9 heteroatoms. The minimum atomic E-state index is -1.13. The van der Waals surface area contributed by atoms with E-state index in [4.69, 9.17) is 9.84 Å². The Morgan fingerprint density at radius 3 is 2.48 bits per heavy atom. The first-order chi connectivity index (χ1) is 11.9. The first kappa shape index (κ1) is 19.6. The molecule has 9 nitrogen and oxygen atoms in total. The van der Waals surface area contributed by atoms with Crippen molar-refractivity contribution in [2.75, 3.05) is 7.11 Å². The maximum absolute atomic E-state index is 11.0. The number of aliphatic carboxylic acids is 1. The Morgan fingerprint density at radius 2 is 1.96 bits per heavy atom. The Hall–Kier alpha value is -3.45. The lowest BCUT2D eigenvalue weighted by Gasteiger charge is -2.00. The van der Waals surface area contributed by atoms with Crippen LogP contribution in [0.2, 0.25) is 0 Å². The summed E-state index contributed by atoms with van der Waals surface area (Å²) in [7, 11) is 1.61. The highest BCUT2D eigenvalue weighted by molar-refractivity contribution is 5.66. The summed E-state index contributed by atoms with van der Waals surface area (Å²) in [5.74, 6) is -0.331. The van der Waals surface area contributed by atoms with Crippen molar-refractivity contribution in [2.45, 2.75) is 20.0 Å². The number of H-pyrrole nitrogens is 1. The lowest BCUT2D eigenvalue weighted by atomic mass is 10.2. The standard InChI is InChI=1S/C9H9NO2.C7H8N2O4/c1-12-9-4-2-8(3-5-9)6-10-7-11;1-4-2-9(3-5(10)11)7(13)8-6(4)12/h2-5H,6H2,1H3;2H,3H2,1H3,(H,10,11)(H,8,12,13). The summed E-state index contributed by atoms with van der Waals surface area (Å²) >= 11 is 0. The largest absolute Gasteiger partial charge is 0.497 e. The molecule has 0 unspecified atom stereocenters. The fourth-order valence-electron chi connectivity index (χ4n) is 1.74. The van der Waals surface area contributed by atoms with Crippen LogP contribution in [-0.2, 0) is 22.7 Å². The van der Waals surface area contributed by atoms with Crippen LogP contribution >= 0.6 is 0 Å². The summed E-state index contributed by atoms with van der Waals surface area (Å²) in [6.07, 6.45) is 2.71. The first-order valence-electron chi connectivity index (χ1n) is 7.06. The topological polar surface area (TPSA) is 131 Å². The number of nitrogens with zero attached hydrogens (tertiary/aromatic N) is 2. The number of rotatable bonds is 5. The van der Waals surface area contributed by atoms with Crippen molar-refractivity contribution >= 4 is 12.0 Å². The van der Waals surface area contributed by atoms with Crippen molar-refractivity contribution in [1.82, 2.24) is 9.55 Å². The molecule has 0 saturated heterocycles. The normalized spacial score (nSPS) is 9.36. The van der Waals surface area contributed by atoms with Gasteiger partial charge in [-0.25, -0.2) is 14.6 Å². The number of nitrogens with one attached hydrogen (secondary N) is 1. The Kier molecular flexibility index (Phi) is 7.55. The fourth-order valence-corrected chi connectivity index (χ4v) is 1.74. The van der Waals surface area contributed by atoms with Gasteiger partial charge >= 0.3 is 11.7 Å². The molecule has 0 spiro atoms. The molecular weight excluding hydrogens is 330 g/mol. The molecule has 25 heavy (non-hydrogen) atoms. The number of isocyanates is 1. The number of benzene rings is 1. The second kappa shape index (κ2) is 9.64. The second-order valence-corrected chi connectivity index (χ2v) is 4.85. The van der Waals surface area contributed by atoms with Gasteiger partial charge in [0, 0.05) is 11.8 Å². The van der Waals surface area contributed by atoms with Crippen LogP contribution in [0.15, 0.2) is 45.0 Å². The van der Waals surface area contributed by atoms with Crippen molar-refractivity contribution in [3.05, 3.63) is 62.4 Å². The van der Waals surface area contributed by atoms with Gasteiger partial charge in [-0.3, -0.25) is 19.1 Å². The molecule has 0 saturated carbocycles. The van der Waals surface area contributed by atoms with E-state index in [1.165, 1.54) is 19.2 Å². The number of aryl methyl sites for hydroxylation is 1. The average molecular weight is 347 g/mol. The smallest absolute Gasteiger partial charge is 0.328 e. The molecule has 2 rings (SSSR count). The number of carbonyl (C=O) groups excluding carboxylic acids is 1. The number of carbonyl (C=O) groups is 1. The third kappa shape index (κ3) is 6.67. The molecule has 1 aromatic carbocycles. The van der Waals surface area contributed by atoms with Gasteiger partial charge in [0.2, 0.25) is 6.08 Å². The van der Waals surface area contributed by atoms with E-state index in [1.54, 1.807) is 7.11 Å². The maximum atomic E-state index is 11.0. The Balaban J connectivity index is 0.000000251. The number of carboxylic acids is 1. The van der Waals surface area contributed by atoms with Gasteiger partial charge in [-0.05, 0) is 24.6 Å². The summed E-state index contributed by atoms with van der Waals surface area (Å²) in [6.45, 7) is 1.43. The molecule has 1 aromatic heterocycles. The quantitative estimate of drug-likeness (QED) is 0.597. The maximum Gasteiger partial charge on any atom is 0.328 e. The Bertz CT molecular complexity index is 876. The zero-order valence-electron chi connectivity index (χ0n) is 13.7. The molecule has 0 fully saturated rings. The molecule has 0 amide bonds. The molecular formula is C16H17N3O6. The molecule has 2 aromatic rings. The van der Waals surface area contributed by atoms with Gasteiger partial charge in [0.25, 0.3) is 5.56 Å². The highest BCUT2D eigenvalue weighted by Gasteiger charge is 2.03. The van der Waals surface area contributed by atoms with Crippen LogP contribution in [-0.4, -0.2) is 33.8 Å². The van der Waals surface area contributed by atoms with E-state index in [0.29, 0.717) is 12.1 Å². The molecule has 0 aliphatic carbocycles. The molecule has 0 aliphatic heterocycles. The SMILES string of the molecule is COc1ccc(CN=C=O)cc1.Cc1cn(CC(=O)O)c(=O)[nH]c1=O. The van der Waals surface area contributed by atoms with Gasteiger partial charge in [-0.15, -0.1) is 0 Å². The molecule has 1 heterocycles. The number of ether oxygens (including phenoxy) is 1. The average Bonchev–Trinajstić information content (AvgIpc) is 2.58. The van der Waals surface area contributed by atoms with Crippen molar-refractivity contribution < 1.29 is 19.4 Å². The van der Waals surface area contributed by atoms with Crippen molar-refractivity contribution in [2.24, 2.45) is 4.99 Å². The molecule has 132 valence electrons. The van der Waals surface area contributed by atoms with Crippen molar-refractivity contribution in [3.8, 4) is 5.75 Å². The zero-order chi connectivity index (χ0) is 18.8. The number of aromatic nitrogens is 2. The third-order valence-electron chi connectivity index (χ3n) is 2.98. The van der Waals surface area contributed by atoms with Gasteiger partial charge in [0.1, 0.15) is 12.3 Å². The summed E-state index contributed by atoms with van der Waals surface area (Å²) < 4.78 is 5.90. The molecule has 0 bridgehead atoms. The number of methoxy groups -OCH3 is 1. The second-order valence-electron chi connectivity index (χ2n) is 4.85. The number of hydrogen-bond donors (Lipinski definition) is 2. The van der Waals surface area contributed by atoms with E-state index in [1.807, 2.05) is 29.2 Å². The van der Waals surface area contributed by atoms with Crippen LogP contribution in [0.25, 0.3) is 0 Å². The predicted octanol–water partition coefficient (Wildman–Crippen LogP) is 0.461. The summed E-state index contributed by atoms with van der Waals surface area (Å²) in [6, 6.07) is 7.38. The molecule has 0 atom stereocenters. The third-order valence-corrected chi connectivity index (χ3v) is 2.98. The van der Waals surface area contributed by atoms with E-state index >= 15 is 0 Å². The van der Waals surface area contributed by atoms with Gasteiger partial charge in [-0.2, -0.15) is 0 Å². The lowest BCUT2D eigenvalue weighted by molar-refractivity contribution is -0.137. The monoisotopic (exact) mass is 347 g/mol. The number of aliphatic imine (C=N–C) groups is 1. The van der Waals surface area contributed by atoms with Crippen LogP contribution in [0.3, 0.4) is 0 Å². The van der Waals surface area contributed by atoms with E-state index < -0.39 is 23.8 Å². The first-order valence-corrected chi connectivity index (χ1v) is 7.06. The fraction of sp³-hybridized carbons (Fsp3) is 0.250. The van der Waals surface area contributed by atoms with Crippen molar-refractivity contribution in [1.29, 1.82) is 0 Å². The van der Waals surface area contributed by atoms with E-state index in [-0.39, 0.29) is 0 Å². The van der Waals surface area contributed by atoms with Crippen LogP contribution in [0.1, 0.15) is 11.1 Å². The molecule has 2 N–H and O–H groups in total. The highest BCUT2D eigenvalue weighted by Crippen LogP contribution is 2.11. The van der Waals surface area contributed by atoms with Crippen LogP contribution < -0.4 is 16.0 Å². The predicted molar refractivity (Wildman–Crippen MR) is 88.5 cm³/mol. The lowest BCUT2D eigenvalue weighted by Crippen LogP contribution is -2.32. The number of aromatic amines is 1. The number of hydrogen-bond acceptors (Lipinski definition) is 6. The van der Waals surface area contributed by atoms with E-state index in [9.17, 15) is 19.2 Å². The Morgan fingerprint density at radius 1 is 1.32 bits per heavy atom. The van der Waals surface area contributed by atoms with Gasteiger partial charge in [0.15, 0.2) is 0 Å². The van der Waals surface area contributed by atoms with Crippen LogP contribution in [0, 0.1) is 6.92 Å². The number of carboxylic acid groups (broad SMARTS) is 1. The van der Waals surface area contributed by atoms with E-state index in [0.717, 1.165) is 15.9 Å². The van der Waals surface area contributed by atoms with Crippen LogP contribution in [0.5, 0.6) is 5.75 Å². The molecule has 0 radical (unpaired) electrons. The molecule has 0 aliphatic rings. The minimum absolute atomic E-state index is 0.306. The summed E-state index contributed by atoms with van der Waals surface area (Å²) in [5, 5.41) is 8.40. The minimum Gasteiger partial charge on any atom is -0.497 e. The zero-order valence-corrected chi connectivity index (χ0v) is 13.7. The summed E-state index contributed by atoms with van der Waals surface area (Å²) in [5.41, 5.74) is 0.0737. The summed E-state index contributed by atoms with van der Waals surface area (Å²) in [4.78, 5) is 47.3. The van der Waals surface area contributed by atoms with Gasteiger partial charge in [-0.1, -0.05) is 12.1 Å². The van der Waals surface area contributed by atoms with Gasteiger partial charge in [0.05, 0.1) is 13.7 Å². The van der Waals surface area contributed by atoms with Crippen molar-refractivity contribution in [3.63, 3.8) is 0 Å². The van der Waals surface area contributed by atoms with E-state index in [2.05, 4.69) is 4.99 Å². The van der Waals surface area contributed by atoms with Gasteiger partial charge < -0.3 is 9.84 Å². The Labute approximate surface area is 142 Å².